The van der Waals surface area contributed by atoms with Crippen LogP contribution in [0.4, 0.5) is 5.69 Å². The van der Waals surface area contributed by atoms with Gasteiger partial charge in [-0.3, -0.25) is 0 Å². The number of carbonyl (C=O) groups excluding carboxylic acids is 1. The van der Waals surface area contributed by atoms with Crippen LogP contribution in [0, 0.1) is 6.92 Å². The highest BCUT2D eigenvalue weighted by Crippen LogP contribution is 2.27. The van der Waals surface area contributed by atoms with Crippen molar-refractivity contribution in [2.75, 3.05) is 19.4 Å². The lowest BCUT2D eigenvalue weighted by Gasteiger charge is -2.08. The molecular formula is C15H18N2O4S2. The predicted molar refractivity (Wildman–Crippen MR) is 90.1 cm³/mol. The standard InChI is InChI=1S/C15H18N2O4S2/c1-10-9-22-13(15(18)21-2)14(10)23(19,20)17-8-7-11-3-5-12(16)6-4-11/h3-6,9,17H,7-8,16H2,1-2H3. The van der Waals surface area contributed by atoms with Crippen LogP contribution in [-0.4, -0.2) is 28.0 Å². The summed E-state index contributed by atoms with van der Waals surface area (Å²) in [5, 5.41) is 1.63. The highest BCUT2D eigenvalue weighted by atomic mass is 32.2. The van der Waals surface area contributed by atoms with Crippen LogP contribution in [0.25, 0.3) is 0 Å². The Morgan fingerprint density at radius 2 is 1.96 bits per heavy atom. The van der Waals surface area contributed by atoms with E-state index in [1.165, 1.54) is 7.11 Å². The number of rotatable bonds is 6. The van der Waals surface area contributed by atoms with Crippen LogP contribution in [0.1, 0.15) is 20.8 Å². The summed E-state index contributed by atoms with van der Waals surface area (Å²) in [6.45, 7) is 1.87. The fraction of sp³-hybridized carbons (Fsp3) is 0.267. The summed E-state index contributed by atoms with van der Waals surface area (Å²) < 4.78 is 32.1. The van der Waals surface area contributed by atoms with Crippen molar-refractivity contribution in [1.29, 1.82) is 0 Å². The largest absolute Gasteiger partial charge is 0.465 e. The Bertz CT molecular complexity index is 795. The van der Waals surface area contributed by atoms with Gasteiger partial charge in [-0.25, -0.2) is 17.9 Å². The first-order valence-electron chi connectivity index (χ1n) is 6.85. The Morgan fingerprint density at radius 1 is 1.30 bits per heavy atom. The van der Waals surface area contributed by atoms with Gasteiger partial charge in [0.25, 0.3) is 0 Å². The number of hydrogen-bond acceptors (Lipinski definition) is 6. The van der Waals surface area contributed by atoms with Crippen LogP contribution in [0.3, 0.4) is 0 Å². The molecule has 6 nitrogen and oxygen atoms in total. The van der Waals surface area contributed by atoms with E-state index in [0.29, 0.717) is 17.7 Å². The molecule has 124 valence electrons. The third-order valence-corrected chi connectivity index (χ3v) is 6.10. The second-order valence-electron chi connectivity index (χ2n) is 4.96. The van der Waals surface area contributed by atoms with Gasteiger partial charge < -0.3 is 10.5 Å². The van der Waals surface area contributed by atoms with Crippen molar-refractivity contribution in [3.8, 4) is 0 Å². The summed E-state index contributed by atoms with van der Waals surface area (Å²) in [5.74, 6) is -0.651. The molecule has 0 bridgehead atoms. The first-order chi connectivity index (χ1) is 10.8. The Labute approximate surface area is 139 Å². The molecule has 2 rings (SSSR count). The van der Waals surface area contributed by atoms with Crippen molar-refractivity contribution < 1.29 is 17.9 Å². The lowest BCUT2D eigenvalue weighted by molar-refractivity contribution is 0.0602. The smallest absolute Gasteiger partial charge is 0.349 e. The molecule has 0 amide bonds. The molecule has 0 unspecified atom stereocenters. The number of ether oxygens (including phenoxy) is 1. The molecule has 1 aromatic carbocycles. The predicted octanol–water partition coefficient (Wildman–Crippen LogP) is 1.95. The van der Waals surface area contributed by atoms with Crippen molar-refractivity contribution in [2.24, 2.45) is 0 Å². The molecular weight excluding hydrogens is 336 g/mol. The number of nitrogens with two attached hydrogens (primary N) is 1. The molecule has 2 aromatic rings. The third kappa shape index (κ3) is 4.10. The van der Waals surface area contributed by atoms with Gasteiger partial charge in [0.1, 0.15) is 9.77 Å². The Hall–Kier alpha value is -1.90. The molecule has 0 spiro atoms. The number of nitrogen functional groups attached to an aromatic ring is 1. The van der Waals surface area contributed by atoms with Crippen molar-refractivity contribution in [2.45, 2.75) is 18.2 Å². The second-order valence-corrected chi connectivity index (χ2v) is 7.54. The number of sulfonamides is 1. The molecule has 1 heterocycles. The monoisotopic (exact) mass is 354 g/mol. The summed E-state index contributed by atoms with van der Waals surface area (Å²) in [4.78, 5) is 11.8. The minimum atomic E-state index is -3.78. The van der Waals surface area contributed by atoms with Crippen LogP contribution < -0.4 is 10.5 Å². The maximum atomic E-state index is 12.5. The van der Waals surface area contributed by atoms with E-state index in [0.717, 1.165) is 16.9 Å². The fourth-order valence-corrected chi connectivity index (χ4v) is 4.82. The molecule has 3 N–H and O–H groups in total. The molecule has 0 fully saturated rings. The van der Waals surface area contributed by atoms with Crippen LogP contribution in [0.2, 0.25) is 0 Å². The van der Waals surface area contributed by atoms with E-state index < -0.39 is 16.0 Å². The molecule has 1 aromatic heterocycles. The number of methoxy groups -OCH3 is 1. The topological polar surface area (TPSA) is 98.5 Å². The zero-order chi connectivity index (χ0) is 17.0. The molecule has 0 atom stereocenters. The fourth-order valence-electron chi connectivity index (χ4n) is 2.09. The number of aryl methyl sites for hydroxylation is 1. The van der Waals surface area contributed by atoms with Gasteiger partial charge >= 0.3 is 5.97 Å². The zero-order valence-corrected chi connectivity index (χ0v) is 14.5. The van der Waals surface area contributed by atoms with Gasteiger partial charge in [-0.2, -0.15) is 0 Å². The minimum Gasteiger partial charge on any atom is -0.465 e. The summed E-state index contributed by atoms with van der Waals surface area (Å²) in [6.07, 6.45) is 0.524. The SMILES string of the molecule is COC(=O)c1scc(C)c1S(=O)(=O)NCCc1ccc(N)cc1. The molecule has 0 radical (unpaired) electrons. The summed E-state index contributed by atoms with van der Waals surface area (Å²) >= 11 is 1.06. The average Bonchev–Trinajstić information content (AvgIpc) is 2.91. The van der Waals surface area contributed by atoms with Crippen LogP contribution >= 0.6 is 11.3 Å². The summed E-state index contributed by atoms with van der Waals surface area (Å²) in [7, 11) is -2.55. The second kappa shape index (κ2) is 7.12. The average molecular weight is 354 g/mol. The number of benzene rings is 1. The van der Waals surface area contributed by atoms with E-state index in [4.69, 9.17) is 5.73 Å². The van der Waals surface area contributed by atoms with Crippen molar-refractivity contribution >= 4 is 33.0 Å². The van der Waals surface area contributed by atoms with Crippen LogP contribution in [0.5, 0.6) is 0 Å². The first-order valence-corrected chi connectivity index (χ1v) is 9.22. The van der Waals surface area contributed by atoms with Crippen molar-refractivity contribution in [1.82, 2.24) is 4.72 Å². The highest BCUT2D eigenvalue weighted by molar-refractivity contribution is 7.89. The third-order valence-electron chi connectivity index (χ3n) is 3.24. The normalized spacial score (nSPS) is 11.4. The van der Waals surface area contributed by atoms with E-state index >= 15 is 0 Å². The highest BCUT2D eigenvalue weighted by Gasteiger charge is 2.27. The van der Waals surface area contributed by atoms with Crippen LogP contribution in [-0.2, 0) is 21.2 Å². The zero-order valence-electron chi connectivity index (χ0n) is 12.8. The Kier molecular flexibility index (Phi) is 5.40. The summed E-state index contributed by atoms with van der Waals surface area (Å²) in [5.41, 5.74) is 7.76. The molecule has 0 aliphatic carbocycles. The molecule has 0 saturated heterocycles. The van der Waals surface area contributed by atoms with Gasteiger partial charge in [-0.1, -0.05) is 12.1 Å². The van der Waals surface area contributed by atoms with Gasteiger partial charge in [0.05, 0.1) is 7.11 Å². The maximum absolute atomic E-state index is 12.5. The number of esters is 1. The number of anilines is 1. The van der Waals surface area contributed by atoms with E-state index in [1.54, 1.807) is 24.4 Å². The molecule has 8 heteroatoms. The molecule has 23 heavy (non-hydrogen) atoms. The van der Waals surface area contributed by atoms with E-state index in [-0.39, 0.29) is 16.3 Å². The van der Waals surface area contributed by atoms with E-state index in [2.05, 4.69) is 9.46 Å². The molecule has 0 aliphatic heterocycles. The van der Waals surface area contributed by atoms with Gasteiger partial charge in [0.15, 0.2) is 0 Å². The number of nitrogens with one attached hydrogen (secondary N) is 1. The molecule has 0 saturated carbocycles. The number of carbonyl (C=O) groups is 1. The van der Waals surface area contributed by atoms with Crippen LogP contribution in [0.15, 0.2) is 34.5 Å². The number of hydrogen-bond donors (Lipinski definition) is 2. The van der Waals surface area contributed by atoms with Gasteiger partial charge in [-0.05, 0) is 42.0 Å². The number of thiophene rings is 1. The van der Waals surface area contributed by atoms with Gasteiger partial charge in [0, 0.05) is 12.2 Å². The van der Waals surface area contributed by atoms with Gasteiger partial charge in [0.2, 0.25) is 10.0 Å². The lowest BCUT2D eigenvalue weighted by Crippen LogP contribution is -2.27. The first kappa shape index (κ1) is 17.5. The van der Waals surface area contributed by atoms with Crippen molar-refractivity contribution in [3.05, 3.63) is 45.6 Å². The Morgan fingerprint density at radius 3 is 2.57 bits per heavy atom. The molecule has 0 aliphatic rings. The van der Waals surface area contributed by atoms with E-state index in [1.807, 2.05) is 12.1 Å². The van der Waals surface area contributed by atoms with Gasteiger partial charge in [-0.15, -0.1) is 11.3 Å². The van der Waals surface area contributed by atoms with E-state index in [9.17, 15) is 13.2 Å². The quantitative estimate of drug-likeness (QED) is 0.610. The Balaban J connectivity index is 2.12. The maximum Gasteiger partial charge on any atom is 0.349 e. The van der Waals surface area contributed by atoms with Crippen molar-refractivity contribution in [3.63, 3.8) is 0 Å². The summed E-state index contributed by atoms with van der Waals surface area (Å²) in [6, 6.07) is 7.23. The minimum absolute atomic E-state index is 0.00773. The lowest BCUT2D eigenvalue weighted by atomic mass is 10.1.